The quantitative estimate of drug-likeness (QED) is 0.863. The molecule has 0 amide bonds. The monoisotopic (exact) mass is 369 g/mol. The summed E-state index contributed by atoms with van der Waals surface area (Å²) in [4.78, 5) is 22.4. The Labute approximate surface area is 161 Å². The molecular weight excluding hydrogens is 338 g/mol. The number of anilines is 2. The summed E-state index contributed by atoms with van der Waals surface area (Å²) in [5.41, 5.74) is 3.67. The highest BCUT2D eigenvalue weighted by molar-refractivity contribution is 5.45. The van der Waals surface area contributed by atoms with Crippen LogP contribution in [-0.4, -0.2) is 58.1 Å². The van der Waals surface area contributed by atoms with Gasteiger partial charge in [-0.15, -0.1) is 0 Å². The first-order chi connectivity index (χ1) is 13.0. The summed E-state index contributed by atoms with van der Waals surface area (Å²) in [6.07, 6.45) is 5.11. The van der Waals surface area contributed by atoms with Crippen LogP contribution in [0, 0.1) is 12.8 Å². The zero-order chi connectivity index (χ0) is 19.0. The van der Waals surface area contributed by atoms with E-state index in [1.54, 1.807) is 0 Å². The van der Waals surface area contributed by atoms with Crippen molar-refractivity contribution < 1.29 is 0 Å². The fourth-order valence-corrected chi connectivity index (χ4v) is 4.71. The smallest absolute Gasteiger partial charge is 0.224 e. The molecule has 0 atom stereocenters. The summed E-state index contributed by atoms with van der Waals surface area (Å²) < 4.78 is 0. The molecule has 0 bridgehead atoms. The van der Waals surface area contributed by atoms with Crippen LogP contribution in [0.1, 0.15) is 43.8 Å². The number of nitrogens with one attached hydrogen (secondary N) is 2. The van der Waals surface area contributed by atoms with Gasteiger partial charge in [0.2, 0.25) is 5.95 Å². The van der Waals surface area contributed by atoms with Crippen molar-refractivity contribution in [2.75, 3.05) is 43.4 Å². The van der Waals surface area contributed by atoms with Crippen molar-refractivity contribution in [2.24, 2.45) is 5.92 Å². The van der Waals surface area contributed by atoms with Crippen LogP contribution >= 0.6 is 0 Å². The van der Waals surface area contributed by atoms with Gasteiger partial charge in [0.15, 0.2) is 0 Å². The molecule has 2 aromatic heterocycles. The molecule has 2 aliphatic rings. The first-order valence-corrected chi connectivity index (χ1v) is 10.1. The van der Waals surface area contributed by atoms with Crippen LogP contribution in [0.5, 0.6) is 0 Å². The van der Waals surface area contributed by atoms with E-state index in [2.05, 4.69) is 50.0 Å². The Balaban J connectivity index is 1.60. The van der Waals surface area contributed by atoms with Crippen molar-refractivity contribution in [3.63, 3.8) is 0 Å². The molecule has 2 aromatic rings. The standard InChI is InChI=1S/C20H31N7/c1-14(2)12-27-8-5-16-18(23-13-22-16)20(27)6-9-26(10-7-20)17-11-15(3)24-19(21-4)25-17/h11,13-14H,5-10,12H2,1-4H3,(H,22,23)(H,21,24,25). The number of aromatic amines is 1. The van der Waals surface area contributed by atoms with Gasteiger partial charge >= 0.3 is 0 Å². The van der Waals surface area contributed by atoms with E-state index in [1.165, 1.54) is 11.4 Å². The number of H-pyrrole nitrogens is 1. The van der Waals surface area contributed by atoms with Crippen molar-refractivity contribution in [1.82, 2.24) is 24.8 Å². The lowest BCUT2D eigenvalue weighted by atomic mass is 9.78. The van der Waals surface area contributed by atoms with Crippen LogP contribution in [0.25, 0.3) is 0 Å². The molecular formula is C20H31N7. The predicted molar refractivity (Wildman–Crippen MR) is 108 cm³/mol. The normalized spacial score (nSPS) is 19.5. The molecule has 1 fully saturated rings. The predicted octanol–water partition coefficient (Wildman–Crippen LogP) is 2.56. The number of hydrogen-bond donors (Lipinski definition) is 2. The van der Waals surface area contributed by atoms with Gasteiger partial charge in [-0.2, -0.15) is 4.98 Å². The number of aryl methyl sites for hydroxylation is 1. The van der Waals surface area contributed by atoms with E-state index in [9.17, 15) is 0 Å². The van der Waals surface area contributed by atoms with Crippen LogP contribution in [0.2, 0.25) is 0 Å². The number of nitrogens with zero attached hydrogens (tertiary/aromatic N) is 5. The van der Waals surface area contributed by atoms with E-state index in [0.29, 0.717) is 11.9 Å². The molecule has 0 aromatic carbocycles. The minimum absolute atomic E-state index is 0.0578. The van der Waals surface area contributed by atoms with E-state index in [0.717, 1.165) is 57.0 Å². The second-order valence-corrected chi connectivity index (χ2v) is 8.28. The maximum Gasteiger partial charge on any atom is 0.224 e. The zero-order valence-corrected chi connectivity index (χ0v) is 16.9. The number of aromatic nitrogens is 4. The fraction of sp³-hybridized carbons (Fsp3) is 0.650. The molecule has 2 aliphatic heterocycles. The summed E-state index contributed by atoms with van der Waals surface area (Å²) in [5.74, 6) is 2.37. The Hall–Kier alpha value is -2.15. The Kier molecular flexibility index (Phi) is 4.80. The van der Waals surface area contributed by atoms with Crippen molar-refractivity contribution in [1.29, 1.82) is 0 Å². The van der Waals surface area contributed by atoms with Crippen LogP contribution in [0.4, 0.5) is 11.8 Å². The largest absolute Gasteiger partial charge is 0.357 e. The lowest BCUT2D eigenvalue weighted by Crippen LogP contribution is -2.57. The molecule has 0 radical (unpaired) electrons. The Morgan fingerprint density at radius 1 is 1.22 bits per heavy atom. The van der Waals surface area contributed by atoms with Crippen LogP contribution in [0.3, 0.4) is 0 Å². The van der Waals surface area contributed by atoms with Gasteiger partial charge in [0, 0.05) is 57.1 Å². The Bertz CT molecular complexity index is 789. The third kappa shape index (κ3) is 3.29. The average molecular weight is 370 g/mol. The molecule has 27 heavy (non-hydrogen) atoms. The highest BCUT2D eigenvalue weighted by atomic mass is 15.3. The molecule has 0 saturated carbocycles. The second-order valence-electron chi connectivity index (χ2n) is 8.28. The second kappa shape index (κ2) is 7.11. The highest BCUT2D eigenvalue weighted by Crippen LogP contribution is 2.43. The molecule has 146 valence electrons. The molecule has 4 heterocycles. The minimum atomic E-state index is 0.0578. The van der Waals surface area contributed by atoms with Gasteiger partial charge in [-0.25, -0.2) is 9.97 Å². The maximum absolute atomic E-state index is 4.78. The van der Waals surface area contributed by atoms with E-state index in [1.807, 2.05) is 20.3 Å². The van der Waals surface area contributed by atoms with E-state index in [4.69, 9.17) is 4.98 Å². The van der Waals surface area contributed by atoms with E-state index >= 15 is 0 Å². The van der Waals surface area contributed by atoms with Crippen LogP contribution in [-0.2, 0) is 12.0 Å². The fourth-order valence-electron chi connectivity index (χ4n) is 4.71. The summed E-state index contributed by atoms with van der Waals surface area (Å²) >= 11 is 0. The topological polar surface area (TPSA) is 73.0 Å². The zero-order valence-electron chi connectivity index (χ0n) is 16.9. The van der Waals surface area contributed by atoms with Gasteiger partial charge in [-0.1, -0.05) is 13.8 Å². The molecule has 0 unspecified atom stereocenters. The first-order valence-electron chi connectivity index (χ1n) is 10.1. The van der Waals surface area contributed by atoms with Crippen molar-refractivity contribution in [3.05, 3.63) is 29.5 Å². The molecule has 0 aliphatic carbocycles. The number of imidazole rings is 1. The molecule has 7 heteroatoms. The van der Waals surface area contributed by atoms with Crippen LogP contribution < -0.4 is 10.2 Å². The van der Waals surface area contributed by atoms with Crippen molar-refractivity contribution in [2.45, 2.75) is 45.6 Å². The number of fused-ring (bicyclic) bond motifs is 2. The Morgan fingerprint density at radius 3 is 2.70 bits per heavy atom. The van der Waals surface area contributed by atoms with Gasteiger partial charge in [0.1, 0.15) is 5.82 Å². The van der Waals surface area contributed by atoms with E-state index < -0.39 is 0 Å². The molecule has 4 rings (SSSR count). The van der Waals surface area contributed by atoms with Gasteiger partial charge < -0.3 is 15.2 Å². The third-order valence-corrected chi connectivity index (χ3v) is 5.96. The van der Waals surface area contributed by atoms with Crippen molar-refractivity contribution >= 4 is 11.8 Å². The minimum Gasteiger partial charge on any atom is -0.357 e. The highest BCUT2D eigenvalue weighted by Gasteiger charge is 2.46. The third-order valence-electron chi connectivity index (χ3n) is 5.96. The van der Waals surface area contributed by atoms with Gasteiger partial charge in [0.05, 0.1) is 17.6 Å². The van der Waals surface area contributed by atoms with E-state index in [-0.39, 0.29) is 5.54 Å². The Morgan fingerprint density at radius 2 is 2.00 bits per heavy atom. The summed E-state index contributed by atoms with van der Waals surface area (Å²) in [6, 6.07) is 2.09. The van der Waals surface area contributed by atoms with Gasteiger partial charge in [0.25, 0.3) is 0 Å². The van der Waals surface area contributed by atoms with Crippen LogP contribution in [0.15, 0.2) is 12.4 Å². The lowest BCUT2D eigenvalue weighted by Gasteiger charge is -2.51. The number of rotatable bonds is 4. The number of piperidine rings is 1. The number of hydrogen-bond acceptors (Lipinski definition) is 6. The summed E-state index contributed by atoms with van der Waals surface area (Å²) in [7, 11) is 1.87. The molecule has 1 saturated heterocycles. The molecule has 1 spiro atoms. The first kappa shape index (κ1) is 18.2. The average Bonchev–Trinajstić information content (AvgIpc) is 3.14. The van der Waals surface area contributed by atoms with Gasteiger partial charge in [-0.05, 0) is 25.7 Å². The maximum atomic E-state index is 4.78. The molecule has 2 N–H and O–H groups in total. The molecule has 7 nitrogen and oxygen atoms in total. The van der Waals surface area contributed by atoms with Crippen molar-refractivity contribution in [3.8, 4) is 0 Å². The SMILES string of the molecule is CNc1nc(C)cc(N2CCC3(CC2)c2nc[nH]c2CCN3CC(C)C)n1. The lowest BCUT2D eigenvalue weighted by molar-refractivity contribution is 0.0341. The summed E-state index contributed by atoms with van der Waals surface area (Å²) in [5, 5.41) is 3.07. The van der Waals surface area contributed by atoms with Gasteiger partial charge in [-0.3, -0.25) is 4.90 Å². The summed E-state index contributed by atoms with van der Waals surface area (Å²) in [6.45, 7) is 10.9.